The average molecular weight is 1520 g/mol. The average Bonchev–Trinajstić information content (AvgIpc) is 0.781. The maximum Gasteiger partial charge on any atom is 0.431 e. The second-order valence-corrected chi connectivity index (χ2v) is 28.5. The first kappa shape index (κ1) is 84.8. The van der Waals surface area contributed by atoms with Crippen LogP contribution >= 0.6 is 19.2 Å². The molecule has 0 saturated carbocycles. The number of anilines is 2. The second-order valence-electron chi connectivity index (χ2n) is 18.5. The highest BCUT2D eigenvalue weighted by Crippen LogP contribution is 2.29. The molecule has 4 heterocycles. The smallest absolute Gasteiger partial charge is 0.431 e. The summed E-state index contributed by atoms with van der Waals surface area (Å²) in [4.78, 5) is 116. The number of aromatic carboxylic acids is 1. The molecule has 4 aromatic heterocycles. The molecule has 2 aromatic carbocycles. The van der Waals surface area contributed by atoms with Crippen LogP contribution in [0.25, 0.3) is 5.69 Å². The van der Waals surface area contributed by atoms with Gasteiger partial charge in [-0.2, -0.15) is 59.1 Å². The van der Waals surface area contributed by atoms with Gasteiger partial charge >= 0.3 is 55.1 Å². The van der Waals surface area contributed by atoms with E-state index in [9.17, 15) is 99.0 Å². The van der Waals surface area contributed by atoms with Crippen LogP contribution in [-0.2, 0) is 68.1 Å². The molecule has 540 valence electrons. The van der Waals surface area contributed by atoms with Crippen molar-refractivity contribution in [3.05, 3.63) is 122 Å². The van der Waals surface area contributed by atoms with Crippen molar-refractivity contribution >= 4 is 102 Å². The van der Waals surface area contributed by atoms with Crippen molar-refractivity contribution in [1.29, 1.82) is 0 Å². The number of methoxy groups -OCH3 is 2. The van der Waals surface area contributed by atoms with Crippen LogP contribution in [0.2, 0.25) is 5.02 Å². The number of halogens is 8. The molecule has 0 bridgehead atoms. The molecule has 0 aliphatic heterocycles. The van der Waals surface area contributed by atoms with Gasteiger partial charge in [0.15, 0.2) is 14.9 Å². The Balaban J connectivity index is 0.000000455. The van der Waals surface area contributed by atoms with Crippen molar-refractivity contribution in [3.63, 3.8) is 0 Å². The molecular formula is C50H57ClF7N12O23PS4. The van der Waals surface area contributed by atoms with Gasteiger partial charge in [0.05, 0.1) is 91.6 Å². The monoisotopic (exact) mass is 1520 g/mol. The second kappa shape index (κ2) is 37.4. The Kier molecular flexibility index (Phi) is 32.4. The van der Waals surface area contributed by atoms with E-state index in [0.717, 1.165) is 37.5 Å². The fourth-order valence-corrected chi connectivity index (χ4v) is 10.7. The van der Waals surface area contributed by atoms with E-state index in [1.54, 1.807) is 23.9 Å². The first-order chi connectivity index (χ1) is 45.2. The Morgan fingerprint density at radius 1 is 0.735 bits per heavy atom. The summed E-state index contributed by atoms with van der Waals surface area (Å²) in [6, 6.07) is 9.61. The van der Waals surface area contributed by atoms with Gasteiger partial charge in [-0.15, -0.1) is 0 Å². The number of nitrogens with zero attached hydrogens (tertiary/aromatic N) is 7. The van der Waals surface area contributed by atoms with Crippen LogP contribution in [0.4, 0.5) is 52.2 Å². The van der Waals surface area contributed by atoms with Gasteiger partial charge in [0.2, 0.25) is 35.4 Å². The zero-order valence-corrected chi connectivity index (χ0v) is 56.5. The number of hydrogen-bond donors (Lipinski definition) is 8. The number of amides is 4. The normalized spacial score (nSPS) is 11.9. The van der Waals surface area contributed by atoms with Crippen molar-refractivity contribution in [2.45, 2.75) is 61.1 Å². The van der Waals surface area contributed by atoms with Crippen molar-refractivity contribution in [3.8, 4) is 29.2 Å². The van der Waals surface area contributed by atoms with Crippen LogP contribution in [-0.4, -0.2) is 175 Å². The lowest BCUT2D eigenvalue weighted by atomic mass is 10.2. The van der Waals surface area contributed by atoms with Crippen molar-refractivity contribution in [2.75, 3.05) is 62.2 Å². The predicted octanol–water partition coefficient (Wildman–Crippen LogP) is 3.51. The van der Waals surface area contributed by atoms with Crippen molar-refractivity contribution in [2.24, 2.45) is 7.05 Å². The number of hydrogen-bond acceptors (Lipinski definition) is 26. The number of benzene rings is 2. The summed E-state index contributed by atoms with van der Waals surface area (Å²) in [7, 11) is -13.4. The van der Waals surface area contributed by atoms with Crippen LogP contribution in [0.15, 0.2) is 103 Å². The number of nitrogens with one attached hydrogen (secondary N) is 5. The Labute approximate surface area is 557 Å². The number of urea groups is 2. The predicted molar refractivity (Wildman–Crippen MR) is 328 cm³/mol. The molecule has 35 nitrogen and oxygen atoms in total. The van der Waals surface area contributed by atoms with Crippen LogP contribution < -0.4 is 60.5 Å². The number of alkyl halides is 7. The molecule has 0 saturated heterocycles. The molecule has 1 atom stereocenters. The standard InChI is InChI=1S/C16H14ClF3N2O4.C14H10F4N4O7S.C14H17N5O7S2.C3H8NO5P.C3H9S/c1-8(2)26-14(24)10-6-9(4-5-11(10)17)22-13(23)7-12(16(18,19)20)21(3)15(22)25;15-11(16)28-8-5-9(29-12(17)18)20-13(19-8)21-14(25)22-30(26,27)7-4-2-1-3-6(7)10(23)24;1-4-27(21,22)9-6-5-7-15-12(9)28(23,24)19-14(20)18-13-16-10(25-2)8-11(17-13)26-3;5-3(6)1-4-2-10(7,8)9;1-4(2)3/h4-8H,1-3H3;1-5,11-12H,(H,23,24)(H2,19,20,21,22,25);5-8H,4H2,1-3H3,(H2,16,17,18,19,20);4H,1-2H2,(H,5,6)(H2,7,8,9);1-3H3/q;;;;+1/p-1. The first-order valence-electron chi connectivity index (χ1n) is 26.0. The lowest BCUT2D eigenvalue weighted by Gasteiger charge is -2.15. The number of aliphatic carboxylic acids is 1. The fraction of sp³-hybridized carbons (Fsp3) is 0.320. The minimum atomic E-state index is -4.86. The van der Waals surface area contributed by atoms with Gasteiger partial charge in [-0.3, -0.25) is 30.1 Å². The zero-order chi connectivity index (χ0) is 75.0. The highest BCUT2D eigenvalue weighted by molar-refractivity contribution is 7.94. The molecule has 4 amide bonds. The number of sulfonamides is 2. The van der Waals surface area contributed by atoms with E-state index in [1.165, 1.54) is 62.3 Å². The third-order valence-electron chi connectivity index (χ3n) is 10.2. The largest absolute Gasteiger partial charge is 0.778 e. The Morgan fingerprint density at radius 2 is 1.21 bits per heavy atom. The molecule has 48 heteroatoms. The Bertz CT molecular complexity index is 4300. The van der Waals surface area contributed by atoms with Gasteiger partial charge in [-0.05, 0) is 67.2 Å². The highest BCUT2D eigenvalue weighted by Gasteiger charge is 2.35. The maximum atomic E-state index is 12.9. The maximum absolute atomic E-state index is 12.9. The third-order valence-corrected chi connectivity index (χ3v) is 15.7. The Hall–Kier alpha value is -9.31. The fourth-order valence-electron chi connectivity index (χ4n) is 6.41. The molecule has 98 heavy (non-hydrogen) atoms. The summed E-state index contributed by atoms with van der Waals surface area (Å²) in [6.45, 7) is -2.71. The molecule has 0 spiro atoms. The zero-order valence-electron chi connectivity index (χ0n) is 51.6. The molecular weight excluding hydrogens is 1460 g/mol. The minimum absolute atomic E-state index is 0.0104. The van der Waals surface area contributed by atoms with Crippen molar-refractivity contribution < 1.29 is 128 Å². The SMILES string of the molecule is CC(C)OC(=O)c1cc(-n2c(=O)cc(C(F)(F)F)n(C)c2=O)ccc1Cl.CCS(=O)(=O)c1cccnc1S(=O)(=O)NC(=O)Nc1nc(OC)cc(OC)n1.C[S+](C)C.O=C(Nc1nc(OC(F)F)cc(OC(F)F)n1)NS(=O)(=O)c1ccccc1C(=O)O.O=C(O)CNCP(=O)([O-])O. The van der Waals surface area contributed by atoms with Gasteiger partial charge in [-0.25, -0.2) is 59.8 Å². The minimum Gasteiger partial charge on any atom is -0.778 e. The van der Waals surface area contributed by atoms with Crippen LogP contribution in [0.1, 0.15) is 47.2 Å². The van der Waals surface area contributed by atoms with Crippen LogP contribution in [0, 0.1) is 0 Å². The van der Waals surface area contributed by atoms with E-state index in [1.807, 2.05) is 5.32 Å². The van der Waals surface area contributed by atoms with Crippen LogP contribution in [0.5, 0.6) is 23.5 Å². The summed E-state index contributed by atoms with van der Waals surface area (Å²) < 4.78 is 198. The number of carbonyl (C=O) groups is 5. The number of aromatic nitrogens is 7. The lowest BCUT2D eigenvalue weighted by Crippen LogP contribution is -2.40. The topological polar surface area (TPSA) is 503 Å². The lowest BCUT2D eigenvalue weighted by molar-refractivity contribution is -0.193. The quantitative estimate of drug-likeness (QED) is 0.0209. The van der Waals surface area contributed by atoms with Gasteiger partial charge in [-0.1, -0.05) is 30.7 Å². The molecule has 0 fully saturated rings. The molecule has 0 aliphatic rings. The van der Waals surface area contributed by atoms with E-state index < -0.39 is 161 Å². The van der Waals surface area contributed by atoms with E-state index >= 15 is 0 Å². The number of ether oxygens (including phenoxy) is 5. The number of esters is 1. The highest BCUT2D eigenvalue weighted by atomic mass is 35.5. The molecule has 6 aromatic rings. The summed E-state index contributed by atoms with van der Waals surface area (Å²) in [5.74, 6) is -6.94. The number of carboxylic acids is 2. The summed E-state index contributed by atoms with van der Waals surface area (Å²) in [6.07, 6.45) is 1.67. The van der Waals surface area contributed by atoms with Gasteiger partial charge in [0.25, 0.3) is 25.6 Å². The summed E-state index contributed by atoms with van der Waals surface area (Å²) >= 11 is 5.94. The molecule has 0 aliphatic carbocycles. The molecule has 8 N–H and O–H groups in total. The number of pyridine rings is 1. The van der Waals surface area contributed by atoms with Crippen LogP contribution in [0.3, 0.4) is 0 Å². The van der Waals surface area contributed by atoms with E-state index in [-0.39, 0.29) is 39.7 Å². The number of rotatable bonds is 22. The third kappa shape index (κ3) is 28.4. The number of carbonyl (C=O) groups excluding carboxylic acids is 3. The Morgan fingerprint density at radius 3 is 1.66 bits per heavy atom. The first-order valence-corrected chi connectivity index (χ1v) is 35.2. The van der Waals surface area contributed by atoms with E-state index in [4.69, 9.17) is 40.9 Å². The van der Waals surface area contributed by atoms with Gasteiger partial charge in [0.1, 0.15) is 23.1 Å². The number of sulfone groups is 1. The summed E-state index contributed by atoms with van der Waals surface area (Å²) in [5, 5.41) is 22.0. The molecule has 1 unspecified atom stereocenters. The summed E-state index contributed by atoms with van der Waals surface area (Å²) in [5.41, 5.74) is -4.65. The number of carboxylic acid groups (broad SMARTS) is 2. The molecule has 6 rings (SSSR count). The van der Waals surface area contributed by atoms with Crippen molar-refractivity contribution in [1.82, 2.24) is 48.8 Å². The molecule has 0 radical (unpaired) electrons. The van der Waals surface area contributed by atoms with E-state index in [2.05, 4.69) is 58.5 Å². The van der Waals surface area contributed by atoms with Gasteiger partial charge < -0.3 is 48.2 Å². The van der Waals surface area contributed by atoms with E-state index in [0.29, 0.717) is 32.2 Å². The van der Waals surface area contributed by atoms with Gasteiger partial charge in [0, 0.05) is 19.3 Å².